The summed E-state index contributed by atoms with van der Waals surface area (Å²) in [5.74, 6) is 1.03. The fourth-order valence-corrected chi connectivity index (χ4v) is 3.52. The van der Waals surface area contributed by atoms with Gasteiger partial charge < -0.3 is 10.1 Å². The second kappa shape index (κ2) is 7.28. The van der Waals surface area contributed by atoms with Gasteiger partial charge in [0.05, 0.1) is 0 Å². The molecule has 27 heavy (non-hydrogen) atoms. The van der Waals surface area contributed by atoms with Crippen molar-refractivity contribution in [3.63, 3.8) is 0 Å². The summed E-state index contributed by atoms with van der Waals surface area (Å²) in [6.07, 6.45) is 0.911. The number of anilines is 1. The van der Waals surface area contributed by atoms with Crippen LogP contribution in [0.4, 0.5) is 5.69 Å². The van der Waals surface area contributed by atoms with Crippen molar-refractivity contribution in [2.24, 2.45) is 0 Å². The molecule has 4 rings (SSSR count). The van der Waals surface area contributed by atoms with E-state index in [1.807, 2.05) is 30.3 Å². The maximum absolute atomic E-state index is 12.2. The second-order valence-electron chi connectivity index (χ2n) is 7.27. The van der Waals surface area contributed by atoms with Crippen molar-refractivity contribution >= 4 is 11.6 Å². The smallest absolute Gasteiger partial charge is 0.262 e. The van der Waals surface area contributed by atoms with E-state index in [-0.39, 0.29) is 12.5 Å². The first-order valence-corrected chi connectivity index (χ1v) is 9.34. The number of ether oxygens (including phenoxy) is 1. The highest BCUT2D eigenvalue weighted by Gasteiger charge is 2.18. The Morgan fingerprint density at radius 2 is 1.70 bits per heavy atom. The van der Waals surface area contributed by atoms with E-state index in [2.05, 4.69) is 55.6 Å². The van der Waals surface area contributed by atoms with Crippen molar-refractivity contribution in [1.82, 2.24) is 0 Å². The second-order valence-corrected chi connectivity index (χ2v) is 7.27. The van der Waals surface area contributed by atoms with Crippen LogP contribution in [0.15, 0.2) is 66.7 Å². The number of amides is 1. The molecule has 3 aromatic carbocycles. The molecular weight excluding hydrogens is 334 g/mol. The van der Waals surface area contributed by atoms with Gasteiger partial charge in [-0.3, -0.25) is 4.79 Å². The molecule has 1 amide bonds. The number of carbonyl (C=O) groups is 1. The monoisotopic (exact) mass is 357 g/mol. The van der Waals surface area contributed by atoms with Crippen LogP contribution in [0.3, 0.4) is 0 Å². The lowest BCUT2D eigenvalue weighted by Gasteiger charge is -2.10. The first-order valence-electron chi connectivity index (χ1n) is 9.34. The normalized spacial score (nSPS) is 11.8. The van der Waals surface area contributed by atoms with Crippen LogP contribution < -0.4 is 10.1 Å². The molecule has 0 heterocycles. The van der Waals surface area contributed by atoms with Crippen molar-refractivity contribution in [3.05, 3.63) is 83.4 Å². The summed E-state index contributed by atoms with van der Waals surface area (Å²) < 4.78 is 5.61. The first kappa shape index (κ1) is 17.3. The molecule has 1 N–H and O–H groups in total. The van der Waals surface area contributed by atoms with Gasteiger partial charge in [0.15, 0.2) is 6.61 Å². The predicted molar refractivity (Wildman–Crippen MR) is 109 cm³/mol. The lowest BCUT2D eigenvalue weighted by molar-refractivity contribution is -0.118. The number of benzene rings is 3. The Hall–Kier alpha value is -3.07. The van der Waals surface area contributed by atoms with Crippen molar-refractivity contribution in [2.75, 3.05) is 11.9 Å². The van der Waals surface area contributed by atoms with Crippen LogP contribution in [0.2, 0.25) is 0 Å². The molecule has 0 atom stereocenters. The molecule has 136 valence electrons. The Kier molecular flexibility index (Phi) is 4.68. The summed E-state index contributed by atoms with van der Waals surface area (Å²) in [5, 5.41) is 2.93. The van der Waals surface area contributed by atoms with Gasteiger partial charge in [0.2, 0.25) is 0 Å². The van der Waals surface area contributed by atoms with Crippen LogP contribution >= 0.6 is 0 Å². The van der Waals surface area contributed by atoms with Crippen molar-refractivity contribution < 1.29 is 9.53 Å². The zero-order valence-corrected chi connectivity index (χ0v) is 15.7. The topological polar surface area (TPSA) is 38.3 Å². The van der Waals surface area contributed by atoms with Crippen LogP contribution in [0.25, 0.3) is 11.1 Å². The lowest BCUT2D eigenvalue weighted by Crippen LogP contribution is -2.20. The minimum Gasteiger partial charge on any atom is -0.484 e. The van der Waals surface area contributed by atoms with E-state index in [1.165, 1.54) is 27.8 Å². The minimum atomic E-state index is -0.154. The molecule has 1 aliphatic rings. The molecule has 0 spiro atoms. The van der Waals surface area contributed by atoms with Gasteiger partial charge in [-0.15, -0.1) is 0 Å². The Morgan fingerprint density at radius 1 is 0.963 bits per heavy atom. The molecule has 0 bridgehead atoms. The van der Waals surface area contributed by atoms with Crippen molar-refractivity contribution in [2.45, 2.75) is 26.2 Å². The number of nitrogens with one attached hydrogen (secondary N) is 1. The van der Waals surface area contributed by atoms with Gasteiger partial charge in [-0.05, 0) is 64.4 Å². The number of fused-ring (bicyclic) bond motifs is 3. The van der Waals surface area contributed by atoms with E-state index in [9.17, 15) is 4.79 Å². The summed E-state index contributed by atoms with van der Waals surface area (Å²) in [6, 6.07) is 22.4. The molecule has 3 nitrogen and oxygen atoms in total. The fourth-order valence-electron chi connectivity index (χ4n) is 3.52. The average Bonchev–Trinajstić information content (AvgIpc) is 3.04. The van der Waals surface area contributed by atoms with Crippen LogP contribution in [-0.2, 0) is 11.2 Å². The van der Waals surface area contributed by atoms with Crippen LogP contribution in [0.1, 0.15) is 36.5 Å². The summed E-state index contributed by atoms with van der Waals surface area (Å²) >= 11 is 0. The van der Waals surface area contributed by atoms with E-state index in [0.29, 0.717) is 11.7 Å². The molecule has 0 aliphatic heterocycles. The highest BCUT2D eigenvalue weighted by atomic mass is 16.5. The molecule has 0 fully saturated rings. The number of carbonyl (C=O) groups excluding carboxylic acids is 1. The van der Waals surface area contributed by atoms with Gasteiger partial charge in [0.25, 0.3) is 5.91 Å². The highest BCUT2D eigenvalue weighted by molar-refractivity contribution is 5.92. The van der Waals surface area contributed by atoms with Gasteiger partial charge >= 0.3 is 0 Å². The molecule has 3 aromatic rings. The third kappa shape index (κ3) is 3.72. The van der Waals surface area contributed by atoms with E-state index in [0.717, 1.165) is 12.1 Å². The van der Waals surface area contributed by atoms with E-state index in [4.69, 9.17) is 4.74 Å². The van der Waals surface area contributed by atoms with Crippen molar-refractivity contribution in [1.29, 1.82) is 0 Å². The first-order chi connectivity index (χ1) is 13.1. The quantitative estimate of drug-likeness (QED) is 0.519. The molecule has 3 heteroatoms. The Balaban J connectivity index is 1.37. The summed E-state index contributed by atoms with van der Waals surface area (Å²) in [7, 11) is 0. The third-order valence-corrected chi connectivity index (χ3v) is 4.99. The zero-order valence-electron chi connectivity index (χ0n) is 15.7. The molecule has 0 saturated heterocycles. The highest BCUT2D eigenvalue weighted by Crippen LogP contribution is 2.37. The zero-order chi connectivity index (χ0) is 18.8. The van der Waals surface area contributed by atoms with Crippen LogP contribution in [0, 0.1) is 0 Å². The number of rotatable bonds is 5. The standard InChI is InChI=1S/C24H23NO2/c1-16(2)17-7-10-21(11-8-17)27-15-24(26)25-20-9-12-23-19(14-20)13-18-5-3-4-6-22(18)23/h3-12,14,16H,13,15H2,1-2H3,(H,25,26). The van der Waals surface area contributed by atoms with Crippen LogP contribution in [0.5, 0.6) is 5.75 Å². The van der Waals surface area contributed by atoms with E-state index < -0.39 is 0 Å². The summed E-state index contributed by atoms with van der Waals surface area (Å²) in [4.78, 5) is 12.2. The molecule has 0 aromatic heterocycles. The van der Waals surface area contributed by atoms with E-state index >= 15 is 0 Å². The molecule has 0 radical (unpaired) electrons. The summed E-state index contributed by atoms with van der Waals surface area (Å²) in [5.41, 5.74) is 7.20. The SMILES string of the molecule is CC(C)c1ccc(OCC(=O)Nc2ccc3c(c2)Cc2ccccc2-3)cc1. The lowest BCUT2D eigenvalue weighted by atomic mass is 10.0. The van der Waals surface area contributed by atoms with Gasteiger partial charge in [0.1, 0.15) is 5.75 Å². The predicted octanol–water partition coefficient (Wildman–Crippen LogP) is 5.40. The van der Waals surface area contributed by atoms with Gasteiger partial charge in [-0.2, -0.15) is 0 Å². The Bertz CT molecular complexity index is 974. The Labute approximate surface area is 160 Å². The van der Waals surface area contributed by atoms with Gasteiger partial charge in [0, 0.05) is 5.69 Å². The Morgan fingerprint density at radius 3 is 2.48 bits per heavy atom. The third-order valence-electron chi connectivity index (χ3n) is 4.99. The maximum Gasteiger partial charge on any atom is 0.262 e. The van der Waals surface area contributed by atoms with Gasteiger partial charge in [-0.1, -0.05) is 56.3 Å². The molecule has 0 saturated carbocycles. The van der Waals surface area contributed by atoms with Gasteiger partial charge in [-0.25, -0.2) is 0 Å². The number of hydrogen-bond acceptors (Lipinski definition) is 2. The number of hydrogen-bond donors (Lipinski definition) is 1. The summed E-state index contributed by atoms with van der Waals surface area (Å²) in [6.45, 7) is 4.30. The van der Waals surface area contributed by atoms with E-state index in [1.54, 1.807) is 0 Å². The average molecular weight is 357 g/mol. The minimum absolute atomic E-state index is 0.00165. The molecule has 1 aliphatic carbocycles. The largest absolute Gasteiger partial charge is 0.484 e. The molecular formula is C24H23NO2. The maximum atomic E-state index is 12.2. The van der Waals surface area contributed by atoms with Crippen LogP contribution in [-0.4, -0.2) is 12.5 Å². The molecule has 0 unspecified atom stereocenters. The van der Waals surface area contributed by atoms with Crippen molar-refractivity contribution in [3.8, 4) is 16.9 Å². The fraction of sp³-hybridized carbons (Fsp3) is 0.208.